The fourth-order valence-corrected chi connectivity index (χ4v) is 6.51. The van der Waals surface area contributed by atoms with Gasteiger partial charge in [0.15, 0.2) is 0 Å². The van der Waals surface area contributed by atoms with E-state index in [1.165, 1.54) is 33.8 Å². The first kappa shape index (κ1) is 28.9. The van der Waals surface area contributed by atoms with E-state index in [1.807, 2.05) is 27.7 Å². The van der Waals surface area contributed by atoms with Gasteiger partial charge in [-0.3, -0.25) is 5.32 Å². The molecule has 200 valence electrons. The molecule has 1 aromatic rings. The van der Waals surface area contributed by atoms with Gasteiger partial charge in [-0.05, 0) is 100 Å². The highest BCUT2D eigenvalue weighted by Gasteiger charge is 2.29. The van der Waals surface area contributed by atoms with E-state index in [9.17, 15) is 9.59 Å². The lowest BCUT2D eigenvalue weighted by Gasteiger charge is -2.25. The summed E-state index contributed by atoms with van der Waals surface area (Å²) in [6, 6.07) is -0.299. The molecule has 0 aromatic carbocycles. The number of fused-ring (bicyclic) bond motifs is 1. The zero-order valence-corrected chi connectivity index (χ0v) is 24.9. The average molecular weight is 581 g/mol. The number of amides is 2. The second kappa shape index (κ2) is 13.2. The van der Waals surface area contributed by atoms with E-state index in [0.29, 0.717) is 17.1 Å². The minimum absolute atomic E-state index is 0.299. The molecule has 8 heteroatoms. The van der Waals surface area contributed by atoms with Crippen molar-refractivity contribution in [1.82, 2.24) is 10.6 Å². The molecule has 0 saturated carbocycles. The highest BCUT2D eigenvalue weighted by atomic mass is 79.9. The molecule has 2 amide bonds. The van der Waals surface area contributed by atoms with Gasteiger partial charge in [-0.2, -0.15) is 0 Å². The maximum absolute atomic E-state index is 13.2. The zero-order valence-electron chi connectivity index (χ0n) is 22.5. The van der Waals surface area contributed by atoms with Gasteiger partial charge in [0.05, 0.1) is 5.56 Å². The first-order valence-corrected chi connectivity index (χ1v) is 14.9. The standard InChI is InChI=1S/C28H42BrN3O3S/c1-6-7-11-19-16-30-15-14-20(19)22(18(2)29)17-31-27(34)32-25-24(26(33)35-28(3,4)5)21-12-9-8-10-13-23(21)36-25/h30H,6-17H2,1-5H3,(H2,31,32,34)/b22-18+. The molecule has 0 saturated heterocycles. The van der Waals surface area contributed by atoms with Crippen molar-refractivity contribution in [2.24, 2.45) is 0 Å². The lowest BCUT2D eigenvalue weighted by molar-refractivity contribution is 0.00700. The number of esters is 1. The van der Waals surface area contributed by atoms with Gasteiger partial charge in [0.2, 0.25) is 0 Å². The van der Waals surface area contributed by atoms with Gasteiger partial charge in [-0.25, -0.2) is 9.59 Å². The maximum atomic E-state index is 13.2. The number of hydrogen-bond acceptors (Lipinski definition) is 5. The van der Waals surface area contributed by atoms with E-state index >= 15 is 0 Å². The second-order valence-corrected chi connectivity index (χ2v) is 13.0. The number of rotatable bonds is 8. The number of allylic oxidation sites excluding steroid dienone is 1. The third-order valence-corrected chi connectivity index (χ3v) is 8.29. The van der Waals surface area contributed by atoms with Crippen molar-refractivity contribution in [2.45, 2.75) is 98.0 Å². The molecule has 1 aliphatic heterocycles. The Morgan fingerprint density at radius 3 is 2.58 bits per heavy atom. The summed E-state index contributed by atoms with van der Waals surface area (Å²) in [5.74, 6) is -0.352. The third-order valence-electron chi connectivity index (χ3n) is 6.61. The van der Waals surface area contributed by atoms with E-state index in [1.54, 1.807) is 0 Å². The molecule has 0 atom stereocenters. The Morgan fingerprint density at radius 1 is 1.14 bits per heavy atom. The summed E-state index contributed by atoms with van der Waals surface area (Å²) in [4.78, 5) is 27.5. The molecule has 36 heavy (non-hydrogen) atoms. The van der Waals surface area contributed by atoms with E-state index in [-0.39, 0.29) is 12.0 Å². The number of carbonyl (C=O) groups excluding carboxylic acids is 2. The molecule has 2 heterocycles. The number of unbranched alkanes of at least 4 members (excludes halogenated alkanes) is 1. The van der Waals surface area contributed by atoms with Crippen LogP contribution in [0.3, 0.4) is 0 Å². The number of urea groups is 1. The molecule has 3 N–H and O–H groups in total. The minimum atomic E-state index is -0.596. The Balaban J connectivity index is 1.78. The quantitative estimate of drug-likeness (QED) is 0.224. The molecule has 2 aliphatic rings. The molecular weight excluding hydrogens is 538 g/mol. The highest BCUT2D eigenvalue weighted by Crippen LogP contribution is 2.38. The van der Waals surface area contributed by atoms with Crippen LogP contribution in [0.15, 0.2) is 21.2 Å². The fourth-order valence-electron chi connectivity index (χ4n) is 4.86. The van der Waals surface area contributed by atoms with Crippen molar-refractivity contribution < 1.29 is 14.3 Å². The van der Waals surface area contributed by atoms with Crippen molar-refractivity contribution >= 4 is 44.3 Å². The van der Waals surface area contributed by atoms with Crippen LogP contribution in [-0.4, -0.2) is 37.2 Å². The predicted octanol–water partition coefficient (Wildman–Crippen LogP) is 7.24. The molecular formula is C28H42BrN3O3S. The summed E-state index contributed by atoms with van der Waals surface area (Å²) in [6.07, 6.45) is 9.47. The summed E-state index contributed by atoms with van der Waals surface area (Å²) >= 11 is 5.21. The van der Waals surface area contributed by atoms with Gasteiger partial charge < -0.3 is 15.4 Å². The van der Waals surface area contributed by atoms with Crippen LogP contribution < -0.4 is 16.0 Å². The van der Waals surface area contributed by atoms with E-state index < -0.39 is 5.60 Å². The Hall–Kier alpha value is -1.64. The van der Waals surface area contributed by atoms with Crippen molar-refractivity contribution in [3.8, 4) is 0 Å². The number of hydrogen-bond donors (Lipinski definition) is 3. The average Bonchev–Trinajstić information content (AvgIpc) is 2.97. The van der Waals surface area contributed by atoms with Gasteiger partial charge in [0.25, 0.3) is 0 Å². The van der Waals surface area contributed by atoms with Crippen molar-refractivity contribution in [3.63, 3.8) is 0 Å². The number of carbonyl (C=O) groups is 2. The molecule has 0 unspecified atom stereocenters. The maximum Gasteiger partial charge on any atom is 0.341 e. The van der Waals surface area contributed by atoms with Crippen LogP contribution in [0.2, 0.25) is 0 Å². The van der Waals surface area contributed by atoms with Crippen molar-refractivity contribution in [1.29, 1.82) is 0 Å². The molecule has 1 aromatic heterocycles. The molecule has 0 spiro atoms. The molecule has 6 nitrogen and oxygen atoms in total. The van der Waals surface area contributed by atoms with Crippen LogP contribution in [0.25, 0.3) is 0 Å². The highest BCUT2D eigenvalue weighted by molar-refractivity contribution is 9.11. The minimum Gasteiger partial charge on any atom is -0.456 e. The molecule has 1 aliphatic carbocycles. The zero-order chi connectivity index (χ0) is 26.3. The summed E-state index contributed by atoms with van der Waals surface area (Å²) in [5.41, 5.74) is 4.94. The van der Waals surface area contributed by atoms with Crippen molar-refractivity contribution in [3.05, 3.63) is 37.2 Å². The van der Waals surface area contributed by atoms with Crippen LogP contribution in [-0.2, 0) is 17.6 Å². The largest absolute Gasteiger partial charge is 0.456 e. The third kappa shape index (κ3) is 7.93. The van der Waals surface area contributed by atoms with Crippen LogP contribution in [0.4, 0.5) is 9.80 Å². The first-order chi connectivity index (χ1) is 17.1. The summed E-state index contributed by atoms with van der Waals surface area (Å²) < 4.78 is 6.78. The van der Waals surface area contributed by atoms with Gasteiger partial charge in [-0.15, -0.1) is 11.3 Å². The summed E-state index contributed by atoms with van der Waals surface area (Å²) in [6.45, 7) is 12.2. The number of nitrogens with one attached hydrogen (secondary N) is 3. The predicted molar refractivity (Wildman–Crippen MR) is 153 cm³/mol. The fraction of sp³-hybridized carbons (Fsp3) is 0.643. The van der Waals surface area contributed by atoms with Crippen LogP contribution in [0.1, 0.15) is 100 Å². The second-order valence-electron chi connectivity index (χ2n) is 10.7. The Labute approximate surface area is 228 Å². The van der Waals surface area contributed by atoms with Gasteiger partial charge in [-0.1, -0.05) is 41.3 Å². The van der Waals surface area contributed by atoms with E-state index in [0.717, 1.165) is 80.1 Å². The SMILES string of the molecule is CCCCC1=C(/C(CNC(=O)Nc2sc3c(c2C(=O)OC(C)(C)C)CCCCC3)=C(\C)Br)CCNC1. The Morgan fingerprint density at radius 2 is 1.89 bits per heavy atom. The monoisotopic (exact) mass is 579 g/mol. The van der Waals surface area contributed by atoms with Crippen molar-refractivity contribution in [2.75, 3.05) is 25.0 Å². The lowest BCUT2D eigenvalue weighted by atomic mass is 9.91. The van der Waals surface area contributed by atoms with Crippen LogP contribution >= 0.6 is 27.3 Å². The van der Waals surface area contributed by atoms with E-state index in [2.05, 4.69) is 38.8 Å². The molecule has 0 fully saturated rings. The number of halogens is 1. The number of ether oxygens (including phenoxy) is 1. The Kier molecular flexibility index (Phi) is 10.6. The molecule has 3 rings (SSSR count). The van der Waals surface area contributed by atoms with Crippen LogP contribution in [0.5, 0.6) is 0 Å². The Bertz CT molecular complexity index is 1020. The summed E-state index contributed by atoms with van der Waals surface area (Å²) in [5, 5.41) is 10.1. The summed E-state index contributed by atoms with van der Waals surface area (Å²) in [7, 11) is 0. The van der Waals surface area contributed by atoms with Gasteiger partial charge in [0.1, 0.15) is 10.6 Å². The molecule has 0 radical (unpaired) electrons. The van der Waals surface area contributed by atoms with Crippen LogP contribution in [0, 0.1) is 0 Å². The lowest BCUT2D eigenvalue weighted by Crippen LogP contribution is -2.33. The van der Waals surface area contributed by atoms with E-state index in [4.69, 9.17) is 4.74 Å². The molecule has 0 bridgehead atoms. The number of thiophene rings is 1. The van der Waals surface area contributed by atoms with Gasteiger partial charge >= 0.3 is 12.0 Å². The first-order valence-electron chi connectivity index (χ1n) is 13.3. The van der Waals surface area contributed by atoms with Gasteiger partial charge in [0, 0.05) is 18.0 Å². The number of aryl methyl sites for hydroxylation is 1. The normalized spacial score (nSPS) is 17.2. The topological polar surface area (TPSA) is 79.5 Å². The smallest absolute Gasteiger partial charge is 0.341 e. The number of anilines is 1.